The van der Waals surface area contributed by atoms with E-state index >= 15 is 0 Å². The number of hydrogen-bond donors (Lipinski definition) is 1. The van der Waals surface area contributed by atoms with Crippen molar-refractivity contribution in [3.8, 4) is 5.75 Å². The number of hydrogen-bond acceptors (Lipinski definition) is 3. The first-order chi connectivity index (χ1) is 13.8. The first kappa shape index (κ1) is 22.5. The molecule has 0 aromatic heterocycles. The third-order valence-electron chi connectivity index (χ3n) is 4.92. The van der Waals surface area contributed by atoms with Crippen molar-refractivity contribution in [1.29, 1.82) is 0 Å². The second-order valence-electron chi connectivity index (χ2n) is 7.61. The van der Waals surface area contributed by atoms with Crippen LogP contribution in [-0.2, 0) is 16.1 Å². The lowest BCUT2D eigenvalue weighted by molar-refractivity contribution is -0.142. The zero-order valence-electron chi connectivity index (χ0n) is 18.1. The fraction of sp³-hybridized carbons (Fsp3) is 0.417. The van der Waals surface area contributed by atoms with Gasteiger partial charge in [-0.2, -0.15) is 0 Å². The standard InChI is InChI=1S/C24H32N2O3/c1-6-19(4)25-24(28)20(5)26(15-21-10-8-7-9-11-21)23(27)16-29-22-13-17(2)12-18(3)14-22/h7-14,19-20H,6,15-16H2,1-5H3,(H,25,28)/t19-,20+/m1/s1. The zero-order chi connectivity index (χ0) is 21.4. The number of carbonyl (C=O) groups excluding carboxylic acids is 2. The molecule has 2 atom stereocenters. The molecule has 2 aromatic carbocycles. The third kappa shape index (κ3) is 6.93. The van der Waals surface area contributed by atoms with Crippen LogP contribution in [0.25, 0.3) is 0 Å². The van der Waals surface area contributed by atoms with Crippen molar-refractivity contribution in [1.82, 2.24) is 10.2 Å². The maximum Gasteiger partial charge on any atom is 0.261 e. The highest BCUT2D eigenvalue weighted by atomic mass is 16.5. The van der Waals surface area contributed by atoms with Gasteiger partial charge < -0.3 is 15.0 Å². The number of rotatable bonds is 9. The van der Waals surface area contributed by atoms with Gasteiger partial charge in [0.05, 0.1) is 0 Å². The lowest BCUT2D eigenvalue weighted by Gasteiger charge is -2.29. The molecule has 0 radical (unpaired) electrons. The summed E-state index contributed by atoms with van der Waals surface area (Å²) in [6.45, 7) is 9.95. The topological polar surface area (TPSA) is 58.6 Å². The number of nitrogens with one attached hydrogen (secondary N) is 1. The monoisotopic (exact) mass is 396 g/mol. The Balaban J connectivity index is 2.14. The van der Waals surface area contributed by atoms with Gasteiger partial charge in [-0.1, -0.05) is 43.3 Å². The van der Waals surface area contributed by atoms with Crippen molar-refractivity contribution < 1.29 is 14.3 Å². The van der Waals surface area contributed by atoms with Crippen LogP contribution in [0.1, 0.15) is 43.9 Å². The smallest absolute Gasteiger partial charge is 0.261 e. The average molecular weight is 397 g/mol. The van der Waals surface area contributed by atoms with Gasteiger partial charge in [-0.3, -0.25) is 9.59 Å². The number of benzene rings is 2. The van der Waals surface area contributed by atoms with Crippen LogP contribution in [0.4, 0.5) is 0 Å². The fourth-order valence-corrected chi connectivity index (χ4v) is 3.07. The van der Waals surface area contributed by atoms with Crippen LogP contribution in [0.5, 0.6) is 5.75 Å². The maximum absolute atomic E-state index is 13.0. The third-order valence-corrected chi connectivity index (χ3v) is 4.92. The second kappa shape index (κ2) is 10.6. The van der Waals surface area contributed by atoms with Crippen molar-refractivity contribution in [2.75, 3.05) is 6.61 Å². The van der Waals surface area contributed by atoms with Crippen molar-refractivity contribution in [3.05, 3.63) is 65.2 Å². The normalized spacial score (nSPS) is 12.7. The van der Waals surface area contributed by atoms with Gasteiger partial charge in [0.15, 0.2) is 6.61 Å². The van der Waals surface area contributed by atoms with E-state index in [1.54, 1.807) is 11.8 Å². The van der Waals surface area contributed by atoms with E-state index in [0.717, 1.165) is 23.1 Å². The Morgan fingerprint density at radius 1 is 1.03 bits per heavy atom. The highest BCUT2D eigenvalue weighted by Gasteiger charge is 2.27. The first-order valence-corrected chi connectivity index (χ1v) is 10.1. The molecule has 5 heteroatoms. The molecule has 0 aliphatic heterocycles. The van der Waals surface area contributed by atoms with E-state index < -0.39 is 6.04 Å². The molecular weight excluding hydrogens is 364 g/mol. The molecule has 0 aliphatic rings. The average Bonchev–Trinajstić information content (AvgIpc) is 2.69. The van der Waals surface area contributed by atoms with Gasteiger partial charge in [-0.15, -0.1) is 0 Å². The SMILES string of the molecule is CC[C@@H](C)NC(=O)[C@H](C)N(Cc1ccccc1)C(=O)COc1cc(C)cc(C)c1. The summed E-state index contributed by atoms with van der Waals surface area (Å²) in [5, 5.41) is 2.97. The van der Waals surface area contributed by atoms with Crippen LogP contribution >= 0.6 is 0 Å². The highest BCUT2D eigenvalue weighted by molar-refractivity contribution is 5.88. The summed E-state index contributed by atoms with van der Waals surface area (Å²) >= 11 is 0. The minimum absolute atomic E-state index is 0.0603. The summed E-state index contributed by atoms with van der Waals surface area (Å²) in [6, 6.07) is 15.0. The van der Waals surface area contributed by atoms with Crippen LogP contribution in [0.3, 0.4) is 0 Å². The molecule has 5 nitrogen and oxygen atoms in total. The van der Waals surface area contributed by atoms with Gasteiger partial charge in [0, 0.05) is 12.6 Å². The minimum Gasteiger partial charge on any atom is -0.484 e. The first-order valence-electron chi connectivity index (χ1n) is 10.1. The Hall–Kier alpha value is -2.82. The predicted octanol–water partition coefficient (Wildman–Crippen LogP) is 4.01. The van der Waals surface area contributed by atoms with Crippen molar-refractivity contribution >= 4 is 11.8 Å². The van der Waals surface area contributed by atoms with Crippen LogP contribution in [0, 0.1) is 13.8 Å². The van der Waals surface area contributed by atoms with Gasteiger partial charge in [-0.05, 0) is 62.9 Å². The Morgan fingerprint density at radius 3 is 2.24 bits per heavy atom. The zero-order valence-corrected chi connectivity index (χ0v) is 18.1. The molecule has 29 heavy (non-hydrogen) atoms. The van der Waals surface area contributed by atoms with Crippen LogP contribution in [0.2, 0.25) is 0 Å². The van der Waals surface area contributed by atoms with E-state index in [-0.39, 0.29) is 24.5 Å². The summed E-state index contributed by atoms with van der Waals surface area (Å²) in [6.07, 6.45) is 0.834. The van der Waals surface area contributed by atoms with E-state index in [4.69, 9.17) is 4.74 Å². The Kier molecular flexibility index (Phi) is 8.25. The van der Waals surface area contributed by atoms with E-state index in [2.05, 4.69) is 11.4 Å². The van der Waals surface area contributed by atoms with E-state index in [0.29, 0.717) is 12.3 Å². The minimum atomic E-state index is -0.598. The molecule has 0 unspecified atom stereocenters. The Morgan fingerprint density at radius 2 is 1.66 bits per heavy atom. The summed E-state index contributed by atoms with van der Waals surface area (Å²) in [7, 11) is 0. The van der Waals surface area contributed by atoms with Gasteiger partial charge in [0.1, 0.15) is 11.8 Å². The van der Waals surface area contributed by atoms with Crippen molar-refractivity contribution in [2.45, 2.75) is 59.7 Å². The quantitative estimate of drug-likeness (QED) is 0.697. The van der Waals surface area contributed by atoms with Gasteiger partial charge in [-0.25, -0.2) is 0 Å². The lowest BCUT2D eigenvalue weighted by atomic mass is 10.1. The molecule has 1 N–H and O–H groups in total. The second-order valence-corrected chi connectivity index (χ2v) is 7.61. The summed E-state index contributed by atoms with van der Waals surface area (Å²) in [4.78, 5) is 27.3. The molecule has 0 saturated heterocycles. The number of amides is 2. The molecule has 0 bridgehead atoms. The van der Waals surface area contributed by atoms with E-state index in [1.807, 2.05) is 70.2 Å². The number of nitrogens with zero attached hydrogens (tertiary/aromatic N) is 1. The molecule has 2 rings (SSSR count). The summed E-state index contributed by atoms with van der Waals surface area (Å²) in [5.41, 5.74) is 3.13. The number of ether oxygens (including phenoxy) is 1. The largest absolute Gasteiger partial charge is 0.484 e. The summed E-state index contributed by atoms with van der Waals surface area (Å²) < 4.78 is 5.76. The van der Waals surface area contributed by atoms with Gasteiger partial charge in [0.2, 0.25) is 5.91 Å². The molecule has 0 fully saturated rings. The fourth-order valence-electron chi connectivity index (χ4n) is 3.07. The van der Waals surface area contributed by atoms with Crippen LogP contribution in [-0.4, -0.2) is 35.4 Å². The molecular formula is C24H32N2O3. The number of aryl methyl sites for hydroxylation is 2. The van der Waals surface area contributed by atoms with Crippen LogP contribution in [0.15, 0.2) is 48.5 Å². The Bertz CT molecular complexity index is 800. The van der Waals surface area contributed by atoms with Crippen molar-refractivity contribution in [2.24, 2.45) is 0 Å². The predicted molar refractivity (Wildman–Crippen MR) is 116 cm³/mol. The highest BCUT2D eigenvalue weighted by Crippen LogP contribution is 2.17. The van der Waals surface area contributed by atoms with Crippen LogP contribution < -0.4 is 10.1 Å². The Labute approximate surface area is 174 Å². The number of carbonyl (C=O) groups is 2. The molecule has 2 aromatic rings. The maximum atomic E-state index is 13.0. The summed E-state index contributed by atoms with van der Waals surface area (Å²) in [5.74, 6) is 0.280. The van der Waals surface area contributed by atoms with E-state index in [9.17, 15) is 9.59 Å². The lowest BCUT2D eigenvalue weighted by Crippen LogP contribution is -2.50. The molecule has 2 amide bonds. The molecule has 0 spiro atoms. The van der Waals surface area contributed by atoms with Crippen molar-refractivity contribution in [3.63, 3.8) is 0 Å². The van der Waals surface area contributed by atoms with E-state index in [1.165, 1.54) is 0 Å². The molecule has 0 saturated carbocycles. The molecule has 0 heterocycles. The molecule has 156 valence electrons. The van der Waals surface area contributed by atoms with Gasteiger partial charge >= 0.3 is 0 Å². The molecule has 0 aliphatic carbocycles. The van der Waals surface area contributed by atoms with Gasteiger partial charge in [0.25, 0.3) is 5.91 Å².